The molecule has 0 bridgehead atoms. The highest BCUT2D eigenvalue weighted by Crippen LogP contribution is 2.28. The Labute approximate surface area is 161 Å². The molecule has 0 unspecified atom stereocenters. The minimum Gasteiger partial charge on any atom is -0.468 e. The minimum absolute atomic E-state index is 0.0193. The van der Waals surface area contributed by atoms with Crippen molar-refractivity contribution in [2.24, 2.45) is 0 Å². The van der Waals surface area contributed by atoms with Crippen molar-refractivity contribution in [1.82, 2.24) is 4.90 Å². The van der Waals surface area contributed by atoms with E-state index in [1.807, 2.05) is 24.0 Å². The summed E-state index contributed by atoms with van der Waals surface area (Å²) in [6.45, 7) is 4.45. The van der Waals surface area contributed by atoms with Crippen LogP contribution < -0.4 is 5.32 Å². The Morgan fingerprint density at radius 1 is 1.07 bits per heavy atom. The molecule has 0 aliphatic carbocycles. The number of nitrogens with one attached hydrogen (secondary N) is 1. The van der Waals surface area contributed by atoms with Crippen LogP contribution in [0.3, 0.4) is 0 Å². The van der Waals surface area contributed by atoms with Crippen molar-refractivity contribution >= 4 is 17.3 Å². The fourth-order valence-corrected chi connectivity index (χ4v) is 2.86. The van der Waals surface area contributed by atoms with Crippen molar-refractivity contribution in [2.45, 2.75) is 26.9 Å². The van der Waals surface area contributed by atoms with Gasteiger partial charge < -0.3 is 14.2 Å². The first-order valence-electron chi connectivity index (χ1n) is 8.75. The number of hydrogen-bond acceptors (Lipinski definition) is 6. The number of furan rings is 2. The van der Waals surface area contributed by atoms with Gasteiger partial charge in [0.05, 0.1) is 37.1 Å². The SMILES string of the molecule is Cc1cc(NC(=O)CN(Cc2ccco2)Cc2ccco2)c([N+](=O)[O-])cc1C. The van der Waals surface area contributed by atoms with Crippen LogP contribution in [0.2, 0.25) is 0 Å². The summed E-state index contributed by atoms with van der Waals surface area (Å²) >= 11 is 0. The first-order chi connectivity index (χ1) is 13.4. The summed E-state index contributed by atoms with van der Waals surface area (Å²) in [6, 6.07) is 10.3. The van der Waals surface area contributed by atoms with Crippen molar-refractivity contribution < 1.29 is 18.6 Å². The van der Waals surface area contributed by atoms with Crippen LogP contribution in [0, 0.1) is 24.0 Å². The molecule has 0 aliphatic heterocycles. The van der Waals surface area contributed by atoms with Crippen molar-refractivity contribution in [3.63, 3.8) is 0 Å². The lowest BCUT2D eigenvalue weighted by Crippen LogP contribution is -2.32. The zero-order chi connectivity index (χ0) is 20.1. The standard InChI is InChI=1S/C20H21N3O5/c1-14-9-18(19(23(25)26)10-15(14)2)21-20(24)13-22(11-16-5-3-7-27-16)12-17-6-4-8-28-17/h3-10H,11-13H2,1-2H3,(H,21,24). The van der Waals surface area contributed by atoms with Crippen LogP contribution in [0.25, 0.3) is 0 Å². The average Bonchev–Trinajstić information content (AvgIpc) is 3.31. The molecule has 0 fully saturated rings. The van der Waals surface area contributed by atoms with Gasteiger partial charge in [0.25, 0.3) is 5.69 Å². The number of nitrogens with zero attached hydrogens (tertiary/aromatic N) is 2. The number of nitro groups is 1. The van der Waals surface area contributed by atoms with Gasteiger partial charge in [0.1, 0.15) is 17.2 Å². The lowest BCUT2D eigenvalue weighted by Gasteiger charge is -2.19. The van der Waals surface area contributed by atoms with E-state index in [2.05, 4.69) is 5.32 Å². The first-order valence-corrected chi connectivity index (χ1v) is 8.75. The third kappa shape index (κ3) is 4.86. The Morgan fingerprint density at radius 2 is 1.64 bits per heavy atom. The van der Waals surface area contributed by atoms with Crippen molar-refractivity contribution in [3.05, 3.63) is 81.7 Å². The van der Waals surface area contributed by atoms with Crippen LogP contribution in [0.5, 0.6) is 0 Å². The van der Waals surface area contributed by atoms with Crippen LogP contribution in [-0.2, 0) is 17.9 Å². The van der Waals surface area contributed by atoms with Crippen LogP contribution in [-0.4, -0.2) is 22.3 Å². The molecule has 8 nitrogen and oxygen atoms in total. The molecule has 0 spiro atoms. The van der Waals surface area contributed by atoms with E-state index >= 15 is 0 Å². The molecular formula is C20H21N3O5. The lowest BCUT2D eigenvalue weighted by atomic mass is 10.1. The smallest absolute Gasteiger partial charge is 0.293 e. The summed E-state index contributed by atoms with van der Waals surface area (Å²) < 4.78 is 10.7. The van der Waals surface area contributed by atoms with E-state index in [1.165, 1.54) is 6.07 Å². The second-order valence-corrected chi connectivity index (χ2v) is 6.56. The maximum atomic E-state index is 12.6. The van der Waals surface area contributed by atoms with E-state index in [0.717, 1.165) is 11.1 Å². The molecule has 3 aromatic rings. The number of rotatable bonds is 8. The molecule has 8 heteroatoms. The van der Waals surface area contributed by atoms with Gasteiger partial charge in [-0.15, -0.1) is 0 Å². The van der Waals surface area contributed by atoms with Gasteiger partial charge >= 0.3 is 0 Å². The Kier molecular flexibility index (Phi) is 5.90. The second kappa shape index (κ2) is 8.53. The molecule has 0 saturated carbocycles. The van der Waals surface area contributed by atoms with Gasteiger partial charge in [-0.2, -0.15) is 0 Å². The monoisotopic (exact) mass is 383 g/mol. The molecule has 0 saturated heterocycles. The highest BCUT2D eigenvalue weighted by molar-refractivity contribution is 5.94. The molecule has 2 aromatic heterocycles. The summed E-state index contributed by atoms with van der Waals surface area (Å²) in [5, 5.41) is 14.0. The fourth-order valence-electron chi connectivity index (χ4n) is 2.86. The van der Waals surface area contributed by atoms with Gasteiger partial charge in [-0.3, -0.25) is 19.8 Å². The quantitative estimate of drug-likeness (QED) is 0.465. The van der Waals surface area contributed by atoms with Crippen molar-refractivity contribution in [2.75, 3.05) is 11.9 Å². The number of carbonyl (C=O) groups is 1. The van der Waals surface area contributed by atoms with Crippen molar-refractivity contribution in [3.8, 4) is 0 Å². The molecule has 2 heterocycles. The summed E-state index contributed by atoms with van der Waals surface area (Å²) in [4.78, 5) is 25.3. The minimum atomic E-state index is -0.495. The van der Waals surface area contributed by atoms with Crippen LogP contribution in [0.4, 0.5) is 11.4 Å². The first kappa shape index (κ1) is 19.4. The highest BCUT2D eigenvalue weighted by atomic mass is 16.6. The second-order valence-electron chi connectivity index (χ2n) is 6.56. The summed E-state index contributed by atoms with van der Waals surface area (Å²) in [6.07, 6.45) is 3.14. The number of carbonyl (C=O) groups excluding carboxylic acids is 1. The Morgan fingerprint density at radius 3 is 2.14 bits per heavy atom. The van der Waals surface area contributed by atoms with E-state index in [1.54, 1.807) is 37.6 Å². The predicted octanol–water partition coefficient (Wildman–Crippen LogP) is 4.04. The number of benzene rings is 1. The molecule has 0 atom stereocenters. The van der Waals surface area contributed by atoms with E-state index in [4.69, 9.17) is 8.83 Å². The number of hydrogen-bond donors (Lipinski definition) is 1. The van der Waals surface area contributed by atoms with Gasteiger partial charge in [-0.05, 0) is 55.3 Å². The summed E-state index contributed by atoms with van der Waals surface area (Å²) in [5.74, 6) is 1.05. The van der Waals surface area contributed by atoms with Gasteiger partial charge in [-0.1, -0.05) is 0 Å². The molecule has 0 aliphatic rings. The van der Waals surface area contributed by atoms with Crippen LogP contribution >= 0.6 is 0 Å². The topological polar surface area (TPSA) is 102 Å². The zero-order valence-electron chi connectivity index (χ0n) is 15.7. The summed E-state index contributed by atoms with van der Waals surface area (Å²) in [5.41, 5.74) is 1.72. The van der Waals surface area contributed by atoms with Gasteiger partial charge in [0.2, 0.25) is 5.91 Å². The number of nitro benzene ring substituents is 1. The molecular weight excluding hydrogens is 362 g/mol. The molecule has 1 N–H and O–H groups in total. The highest BCUT2D eigenvalue weighted by Gasteiger charge is 2.20. The Balaban J connectivity index is 1.74. The Bertz CT molecular complexity index is 912. The van der Waals surface area contributed by atoms with Gasteiger partial charge in [0, 0.05) is 6.07 Å². The average molecular weight is 383 g/mol. The maximum absolute atomic E-state index is 12.6. The number of aryl methyl sites for hydroxylation is 2. The molecule has 1 aromatic carbocycles. The number of anilines is 1. The Hall–Kier alpha value is -3.39. The van der Waals surface area contributed by atoms with Crippen LogP contribution in [0.15, 0.2) is 57.8 Å². The molecule has 146 valence electrons. The summed E-state index contributed by atoms with van der Waals surface area (Å²) in [7, 11) is 0. The lowest BCUT2D eigenvalue weighted by molar-refractivity contribution is -0.384. The largest absolute Gasteiger partial charge is 0.468 e. The molecule has 1 amide bonds. The predicted molar refractivity (Wildman–Crippen MR) is 103 cm³/mol. The van der Waals surface area contributed by atoms with Crippen LogP contribution in [0.1, 0.15) is 22.6 Å². The van der Waals surface area contributed by atoms with E-state index < -0.39 is 4.92 Å². The third-order valence-corrected chi connectivity index (χ3v) is 4.37. The third-order valence-electron chi connectivity index (χ3n) is 4.37. The van der Waals surface area contributed by atoms with Gasteiger partial charge in [-0.25, -0.2) is 0 Å². The normalized spacial score (nSPS) is 11.0. The zero-order valence-corrected chi connectivity index (χ0v) is 15.7. The van der Waals surface area contributed by atoms with Gasteiger partial charge in [0.15, 0.2) is 0 Å². The maximum Gasteiger partial charge on any atom is 0.293 e. The molecule has 28 heavy (non-hydrogen) atoms. The van der Waals surface area contributed by atoms with Crippen molar-refractivity contribution in [1.29, 1.82) is 0 Å². The van der Waals surface area contributed by atoms with E-state index in [-0.39, 0.29) is 23.8 Å². The fraction of sp³-hybridized carbons (Fsp3) is 0.250. The van der Waals surface area contributed by atoms with E-state index in [0.29, 0.717) is 24.6 Å². The molecule has 3 rings (SSSR count). The number of amides is 1. The van der Waals surface area contributed by atoms with E-state index in [9.17, 15) is 14.9 Å². The molecule has 0 radical (unpaired) electrons.